The SMILES string of the molecule is COC(=O)C=C1C(=O)NC2=CC(Cl)=CCC21. The molecule has 1 saturated heterocycles. The molecule has 4 nitrogen and oxygen atoms in total. The van der Waals surface area contributed by atoms with Crippen LogP contribution in [-0.2, 0) is 14.3 Å². The fourth-order valence-electron chi connectivity index (χ4n) is 1.80. The predicted molar refractivity (Wildman–Crippen MR) is 58.4 cm³/mol. The molecule has 1 aliphatic carbocycles. The third-order valence-corrected chi connectivity index (χ3v) is 2.85. The molecule has 84 valence electrons. The van der Waals surface area contributed by atoms with Gasteiger partial charge in [0.2, 0.25) is 0 Å². The monoisotopic (exact) mass is 239 g/mol. The maximum Gasteiger partial charge on any atom is 0.330 e. The smallest absolute Gasteiger partial charge is 0.330 e. The van der Waals surface area contributed by atoms with Gasteiger partial charge >= 0.3 is 5.97 Å². The first-order valence-electron chi connectivity index (χ1n) is 4.80. The molecule has 0 aromatic carbocycles. The van der Waals surface area contributed by atoms with Gasteiger partial charge < -0.3 is 10.1 Å². The van der Waals surface area contributed by atoms with E-state index in [2.05, 4.69) is 10.1 Å². The number of allylic oxidation sites excluding steroid dienone is 4. The number of amides is 1. The molecule has 0 aromatic heterocycles. The quantitative estimate of drug-likeness (QED) is 0.553. The van der Waals surface area contributed by atoms with Crippen LogP contribution in [0.25, 0.3) is 0 Å². The number of hydrogen-bond donors (Lipinski definition) is 1. The number of esters is 1. The minimum absolute atomic E-state index is 0.103. The van der Waals surface area contributed by atoms with Crippen molar-refractivity contribution in [2.75, 3.05) is 7.11 Å². The van der Waals surface area contributed by atoms with E-state index in [1.165, 1.54) is 13.2 Å². The first kappa shape index (κ1) is 11.0. The Balaban J connectivity index is 2.31. The number of fused-ring (bicyclic) bond motifs is 1. The lowest BCUT2D eigenvalue weighted by Crippen LogP contribution is -2.14. The van der Waals surface area contributed by atoms with Crippen LogP contribution in [0.1, 0.15) is 6.42 Å². The molecule has 0 radical (unpaired) electrons. The van der Waals surface area contributed by atoms with Crippen molar-refractivity contribution in [2.24, 2.45) is 5.92 Å². The van der Waals surface area contributed by atoms with Gasteiger partial charge in [0, 0.05) is 28.3 Å². The zero-order valence-electron chi connectivity index (χ0n) is 8.62. The van der Waals surface area contributed by atoms with Crippen molar-refractivity contribution in [2.45, 2.75) is 6.42 Å². The standard InChI is InChI=1S/C11H10ClNO3/c1-16-10(14)5-8-7-3-2-6(12)4-9(7)13-11(8)15/h2,4-5,7H,3H2,1H3,(H,13,15). The molecule has 1 fully saturated rings. The van der Waals surface area contributed by atoms with Crippen molar-refractivity contribution in [3.8, 4) is 0 Å². The van der Waals surface area contributed by atoms with Crippen molar-refractivity contribution in [1.82, 2.24) is 5.32 Å². The number of ether oxygens (including phenoxy) is 1. The summed E-state index contributed by atoms with van der Waals surface area (Å²) in [6.07, 6.45) is 5.37. The zero-order chi connectivity index (χ0) is 11.7. The number of carbonyl (C=O) groups excluding carboxylic acids is 2. The Hall–Kier alpha value is -1.55. The molecule has 0 spiro atoms. The van der Waals surface area contributed by atoms with Gasteiger partial charge in [0.1, 0.15) is 0 Å². The summed E-state index contributed by atoms with van der Waals surface area (Å²) >= 11 is 5.83. The second-order valence-electron chi connectivity index (χ2n) is 3.55. The molecule has 5 heteroatoms. The first-order chi connectivity index (χ1) is 7.61. The molecule has 0 bridgehead atoms. The molecule has 1 atom stereocenters. The van der Waals surface area contributed by atoms with E-state index in [4.69, 9.17) is 11.6 Å². The molecule has 1 N–H and O–H groups in total. The molecule has 1 aliphatic heterocycles. The Bertz CT molecular complexity index is 448. The van der Waals surface area contributed by atoms with E-state index < -0.39 is 5.97 Å². The van der Waals surface area contributed by atoms with Crippen LogP contribution in [0, 0.1) is 5.92 Å². The van der Waals surface area contributed by atoms with E-state index in [-0.39, 0.29) is 11.8 Å². The highest BCUT2D eigenvalue weighted by Crippen LogP contribution is 2.34. The summed E-state index contributed by atoms with van der Waals surface area (Å²) in [5, 5.41) is 3.29. The summed E-state index contributed by atoms with van der Waals surface area (Å²) in [6.45, 7) is 0. The minimum atomic E-state index is -0.521. The Morgan fingerprint density at radius 3 is 3.12 bits per heavy atom. The molecule has 1 unspecified atom stereocenters. The lowest BCUT2D eigenvalue weighted by atomic mass is 9.92. The van der Waals surface area contributed by atoms with Gasteiger partial charge in [0.05, 0.1) is 7.11 Å². The summed E-state index contributed by atoms with van der Waals surface area (Å²) < 4.78 is 4.51. The maximum absolute atomic E-state index is 11.6. The molecular formula is C11H10ClNO3. The fraction of sp³-hybridized carbons (Fsp3) is 0.273. The van der Waals surface area contributed by atoms with E-state index in [0.717, 1.165) is 5.70 Å². The lowest BCUT2D eigenvalue weighted by molar-refractivity contribution is -0.135. The highest BCUT2D eigenvalue weighted by molar-refractivity contribution is 6.31. The molecule has 16 heavy (non-hydrogen) atoms. The van der Waals surface area contributed by atoms with Crippen molar-refractivity contribution in [3.63, 3.8) is 0 Å². The van der Waals surface area contributed by atoms with Crippen molar-refractivity contribution < 1.29 is 14.3 Å². The Morgan fingerprint density at radius 1 is 1.69 bits per heavy atom. The van der Waals surface area contributed by atoms with Crippen LogP contribution in [0.3, 0.4) is 0 Å². The van der Waals surface area contributed by atoms with E-state index in [0.29, 0.717) is 17.0 Å². The normalized spacial score (nSPS) is 25.8. The van der Waals surface area contributed by atoms with Crippen LogP contribution in [0.5, 0.6) is 0 Å². The van der Waals surface area contributed by atoms with Crippen LogP contribution in [-0.4, -0.2) is 19.0 Å². The number of nitrogens with one attached hydrogen (secondary N) is 1. The summed E-state index contributed by atoms with van der Waals surface area (Å²) in [5.41, 5.74) is 1.17. The number of hydrogen-bond acceptors (Lipinski definition) is 3. The molecule has 2 aliphatic rings. The summed E-state index contributed by atoms with van der Waals surface area (Å²) in [6, 6.07) is 0. The van der Waals surface area contributed by atoms with Gasteiger partial charge in [-0.05, 0) is 12.5 Å². The van der Waals surface area contributed by atoms with Crippen molar-refractivity contribution in [1.29, 1.82) is 0 Å². The van der Waals surface area contributed by atoms with Gasteiger partial charge in [-0.25, -0.2) is 4.79 Å². The number of halogens is 1. The fourth-order valence-corrected chi connectivity index (χ4v) is 2.00. The van der Waals surface area contributed by atoms with Gasteiger partial charge in [-0.15, -0.1) is 0 Å². The Morgan fingerprint density at radius 2 is 2.44 bits per heavy atom. The lowest BCUT2D eigenvalue weighted by Gasteiger charge is -2.13. The molecular weight excluding hydrogens is 230 g/mol. The van der Waals surface area contributed by atoms with Crippen molar-refractivity contribution >= 4 is 23.5 Å². The van der Waals surface area contributed by atoms with E-state index in [1.807, 2.05) is 6.08 Å². The highest BCUT2D eigenvalue weighted by atomic mass is 35.5. The van der Waals surface area contributed by atoms with E-state index >= 15 is 0 Å². The van der Waals surface area contributed by atoms with E-state index in [9.17, 15) is 9.59 Å². The largest absolute Gasteiger partial charge is 0.466 e. The predicted octanol–water partition coefficient (Wildman–Crippen LogP) is 1.24. The average molecular weight is 240 g/mol. The van der Waals surface area contributed by atoms with Gasteiger partial charge in [0.25, 0.3) is 5.91 Å². The zero-order valence-corrected chi connectivity index (χ0v) is 9.38. The summed E-state index contributed by atoms with van der Waals surface area (Å²) in [4.78, 5) is 22.7. The van der Waals surface area contributed by atoms with Crippen LogP contribution in [0.15, 0.2) is 34.5 Å². The molecule has 0 saturated carbocycles. The third kappa shape index (κ3) is 1.88. The van der Waals surface area contributed by atoms with Crippen molar-refractivity contribution in [3.05, 3.63) is 34.5 Å². The second-order valence-corrected chi connectivity index (χ2v) is 3.99. The Kier molecular flexibility index (Phi) is 2.83. The number of carbonyl (C=O) groups is 2. The summed E-state index contributed by atoms with van der Waals surface area (Å²) in [5.74, 6) is -0.887. The average Bonchev–Trinajstić information content (AvgIpc) is 2.54. The van der Waals surface area contributed by atoms with Gasteiger partial charge in [-0.3, -0.25) is 4.79 Å². The highest BCUT2D eigenvalue weighted by Gasteiger charge is 2.34. The number of rotatable bonds is 1. The third-order valence-electron chi connectivity index (χ3n) is 2.59. The topological polar surface area (TPSA) is 55.4 Å². The van der Waals surface area contributed by atoms with Gasteiger partial charge in [0.15, 0.2) is 0 Å². The number of methoxy groups -OCH3 is 1. The Labute approximate surface area is 97.6 Å². The second kappa shape index (κ2) is 4.14. The van der Waals surface area contributed by atoms with Gasteiger partial charge in [-0.2, -0.15) is 0 Å². The molecule has 1 amide bonds. The van der Waals surface area contributed by atoms with Crippen LogP contribution >= 0.6 is 11.6 Å². The van der Waals surface area contributed by atoms with Crippen LogP contribution in [0.2, 0.25) is 0 Å². The minimum Gasteiger partial charge on any atom is -0.466 e. The van der Waals surface area contributed by atoms with Crippen LogP contribution in [0.4, 0.5) is 0 Å². The maximum atomic E-state index is 11.6. The van der Waals surface area contributed by atoms with E-state index in [1.54, 1.807) is 6.08 Å². The molecule has 1 heterocycles. The first-order valence-corrected chi connectivity index (χ1v) is 5.17. The molecule has 2 rings (SSSR count). The molecule has 0 aromatic rings. The van der Waals surface area contributed by atoms with Gasteiger partial charge in [-0.1, -0.05) is 17.7 Å². The summed E-state index contributed by atoms with van der Waals surface area (Å²) in [7, 11) is 1.28. The van der Waals surface area contributed by atoms with Crippen LogP contribution < -0.4 is 5.32 Å².